The van der Waals surface area contributed by atoms with Gasteiger partial charge in [-0.05, 0) is 51.1 Å². The molecule has 0 atom stereocenters. The number of benzene rings is 1. The van der Waals surface area contributed by atoms with Gasteiger partial charge in [0, 0.05) is 6.04 Å². The lowest BCUT2D eigenvalue weighted by molar-refractivity contribution is 0.600. The van der Waals surface area contributed by atoms with Gasteiger partial charge in [-0.1, -0.05) is 36.2 Å². The van der Waals surface area contributed by atoms with E-state index in [4.69, 9.17) is 0 Å². The molecular formula is C15H23N. The Labute approximate surface area is 99.3 Å². The predicted octanol–water partition coefficient (Wildman–Crippen LogP) is 3.46. The number of hydrogen-bond donors (Lipinski definition) is 1. The topological polar surface area (TPSA) is 12.0 Å². The van der Waals surface area contributed by atoms with E-state index < -0.39 is 0 Å². The zero-order valence-corrected chi connectivity index (χ0v) is 10.3. The van der Waals surface area contributed by atoms with Crippen LogP contribution in [0.15, 0.2) is 24.3 Å². The van der Waals surface area contributed by atoms with Gasteiger partial charge in [-0.2, -0.15) is 0 Å². The lowest BCUT2D eigenvalue weighted by Gasteiger charge is -2.03. The summed E-state index contributed by atoms with van der Waals surface area (Å²) in [6.07, 6.45) is 8.07. The monoisotopic (exact) mass is 217 g/mol. The standard InChI is InChI=1S/C15H23N/c1-13-6-8-14(9-7-13)5-3-2-4-12-16-15-10-11-15/h6-9,15-16H,2-5,10-12H2,1H3. The Kier molecular flexibility index (Phi) is 4.41. The largest absolute Gasteiger partial charge is 0.314 e. The maximum absolute atomic E-state index is 3.56. The maximum Gasteiger partial charge on any atom is 0.00682 e. The fraction of sp³-hybridized carbons (Fsp3) is 0.600. The van der Waals surface area contributed by atoms with Gasteiger partial charge in [0.2, 0.25) is 0 Å². The number of aryl methyl sites for hydroxylation is 2. The van der Waals surface area contributed by atoms with Gasteiger partial charge < -0.3 is 5.32 Å². The Hall–Kier alpha value is -0.820. The molecular weight excluding hydrogens is 194 g/mol. The second kappa shape index (κ2) is 6.05. The van der Waals surface area contributed by atoms with E-state index in [9.17, 15) is 0 Å². The molecule has 0 bridgehead atoms. The summed E-state index contributed by atoms with van der Waals surface area (Å²) in [5, 5.41) is 3.56. The fourth-order valence-corrected chi connectivity index (χ4v) is 1.98. The van der Waals surface area contributed by atoms with Gasteiger partial charge in [-0.15, -0.1) is 0 Å². The third kappa shape index (κ3) is 4.36. The van der Waals surface area contributed by atoms with Crippen LogP contribution in [0.3, 0.4) is 0 Å². The molecule has 0 amide bonds. The minimum atomic E-state index is 0.872. The normalized spacial score (nSPS) is 15.3. The van der Waals surface area contributed by atoms with Gasteiger partial charge in [-0.3, -0.25) is 0 Å². The average molecular weight is 217 g/mol. The summed E-state index contributed by atoms with van der Waals surface area (Å²) in [4.78, 5) is 0. The number of nitrogens with one attached hydrogen (secondary N) is 1. The van der Waals surface area contributed by atoms with Crippen molar-refractivity contribution in [3.63, 3.8) is 0 Å². The third-order valence-corrected chi connectivity index (χ3v) is 3.27. The summed E-state index contributed by atoms with van der Waals surface area (Å²) in [5.74, 6) is 0. The van der Waals surface area contributed by atoms with E-state index >= 15 is 0 Å². The highest BCUT2D eigenvalue weighted by Gasteiger charge is 2.19. The van der Waals surface area contributed by atoms with Crippen molar-refractivity contribution >= 4 is 0 Å². The molecule has 1 N–H and O–H groups in total. The van der Waals surface area contributed by atoms with Crippen LogP contribution in [0.4, 0.5) is 0 Å². The molecule has 1 aromatic rings. The van der Waals surface area contributed by atoms with Crippen molar-refractivity contribution in [2.75, 3.05) is 6.54 Å². The van der Waals surface area contributed by atoms with E-state index in [1.54, 1.807) is 0 Å². The second-order valence-electron chi connectivity index (χ2n) is 5.02. The van der Waals surface area contributed by atoms with Crippen LogP contribution in [-0.2, 0) is 6.42 Å². The van der Waals surface area contributed by atoms with E-state index in [0.717, 1.165) is 6.04 Å². The zero-order valence-electron chi connectivity index (χ0n) is 10.3. The smallest absolute Gasteiger partial charge is 0.00682 e. The van der Waals surface area contributed by atoms with E-state index in [1.165, 1.54) is 56.2 Å². The van der Waals surface area contributed by atoms with Crippen LogP contribution in [-0.4, -0.2) is 12.6 Å². The molecule has 1 nitrogen and oxygen atoms in total. The van der Waals surface area contributed by atoms with Crippen molar-refractivity contribution < 1.29 is 0 Å². The molecule has 0 spiro atoms. The molecule has 1 aromatic carbocycles. The van der Waals surface area contributed by atoms with Crippen molar-refractivity contribution in [2.45, 2.75) is 51.5 Å². The fourth-order valence-electron chi connectivity index (χ4n) is 1.98. The van der Waals surface area contributed by atoms with E-state index in [2.05, 4.69) is 36.5 Å². The molecule has 1 aliphatic rings. The van der Waals surface area contributed by atoms with Gasteiger partial charge >= 0.3 is 0 Å². The van der Waals surface area contributed by atoms with Gasteiger partial charge in [0.05, 0.1) is 0 Å². The van der Waals surface area contributed by atoms with Crippen LogP contribution in [0.1, 0.15) is 43.2 Å². The van der Waals surface area contributed by atoms with Crippen molar-refractivity contribution in [1.82, 2.24) is 5.32 Å². The molecule has 0 saturated heterocycles. The zero-order chi connectivity index (χ0) is 11.2. The molecule has 0 heterocycles. The molecule has 2 rings (SSSR count). The molecule has 1 aliphatic carbocycles. The van der Waals surface area contributed by atoms with Crippen molar-refractivity contribution in [1.29, 1.82) is 0 Å². The molecule has 0 aliphatic heterocycles. The van der Waals surface area contributed by atoms with Gasteiger partial charge in [0.15, 0.2) is 0 Å². The summed E-state index contributed by atoms with van der Waals surface area (Å²) in [6, 6.07) is 9.82. The third-order valence-electron chi connectivity index (χ3n) is 3.27. The van der Waals surface area contributed by atoms with Crippen LogP contribution in [0, 0.1) is 6.92 Å². The summed E-state index contributed by atoms with van der Waals surface area (Å²) >= 11 is 0. The minimum Gasteiger partial charge on any atom is -0.314 e. The highest BCUT2D eigenvalue weighted by Crippen LogP contribution is 2.18. The Morgan fingerprint density at radius 3 is 2.50 bits per heavy atom. The van der Waals surface area contributed by atoms with Crippen molar-refractivity contribution in [2.24, 2.45) is 0 Å². The molecule has 0 aromatic heterocycles. The Balaban J connectivity index is 1.51. The van der Waals surface area contributed by atoms with E-state index in [-0.39, 0.29) is 0 Å². The highest BCUT2D eigenvalue weighted by molar-refractivity contribution is 5.21. The van der Waals surface area contributed by atoms with Crippen LogP contribution in [0.25, 0.3) is 0 Å². The van der Waals surface area contributed by atoms with Gasteiger partial charge in [0.1, 0.15) is 0 Å². The first kappa shape index (κ1) is 11.7. The Morgan fingerprint density at radius 2 is 1.81 bits per heavy atom. The average Bonchev–Trinajstić information content (AvgIpc) is 3.10. The first-order valence-corrected chi connectivity index (χ1v) is 6.63. The SMILES string of the molecule is Cc1ccc(CCCCCNC2CC2)cc1. The molecule has 1 heteroatoms. The number of rotatable bonds is 7. The lowest BCUT2D eigenvalue weighted by atomic mass is 10.1. The number of unbranched alkanes of at least 4 members (excludes halogenated alkanes) is 2. The van der Waals surface area contributed by atoms with Crippen LogP contribution < -0.4 is 5.32 Å². The van der Waals surface area contributed by atoms with Crippen molar-refractivity contribution in [3.8, 4) is 0 Å². The Morgan fingerprint density at radius 1 is 1.06 bits per heavy atom. The molecule has 88 valence electrons. The quantitative estimate of drug-likeness (QED) is 0.690. The first-order chi connectivity index (χ1) is 7.84. The molecule has 0 unspecified atom stereocenters. The molecule has 1 saturated carbocycles. The van der Waals surface area contributed by atoms with Gasteiger partial charge in [-0.25, -0.2) is 0 Å². The molecule has 1 fully saturated rings. The lowest BCUT2D eigenvalue weighted by Crippen LogP contribution is -2.17. The van der Waals surface area contributed by atoms with E-state index in [0.29, 0.717) is 0 Å². The highest BCUT2D eigenvalue weighted by atomic mass is 14.9. The molecule has 0 radical (unpaired) electrons. The summed E-state index contributed by atoms with van der Waals surface area (Å²) < 4.78 is 0. The summed E-state index contributed by atoms with van der Waals surface area (Å²) in [7, 11) is 0. The molecule has 16 heavy (non-hydrogen) atoms. The number of hydrogen-bond acceptors (Lipinski definition) is 1. The minimum absolute atomic E-state index is 0.872. The van der Waals surface area contributed by atoms with Crippen LogP contribution >= 0.6 is 0 Å². The summed E-state index contributed by atoms with van der Waals surface area (Å²) in [6.45, 7) is 3.37. The maximum atomic E-state index is 3.56. The summed E-state index contributed by atoms with van der Waals surface area (Å²) in [5.41, 5.74) is 2.85. The van der Waals surface area contributed by atoms with Crippen molar-refractivity contribution in [3.05, 3.63) is 35.4 Å². The van der Waals surface area contributed by atoms with E-state index in [1.807, 2.05) is 0 Å². The predicted molar refractivity (Wildman–Crippen MR) is 69.8 cm³/mol. The Bertz CT molecular complexity index is 298. The first-order valence-electron chi connectivity index (χ1n) is 6.63. The second-order valence-corrected chi connectivity index (χ2v) is 5.02. The van der Waals surface area contributed by atoms with Gasteiger partial charge in [0.25, 0.3) is 0 Å². The van der Waals surface area contributed by atoms with Crippen LogP contribution in [0.2, 0.25) is 0 Å². The van der Waals surface area contributed by atoms with Crippen LogP contribution in [0.5, 0.6) is 0 Å².